The SMILES string of the molecule is Cc1cc(Br)cc(-n2c(=S)[nH]c3ccc(Cl)cc32)c1. The van der Waals surface area contributed by atoms with Gasteiger partial charge in [-0.25, -0.2) is 0 Å². The third-order valence-electron chi connectivity index (χ3n) is 2.93. The number of aromatic amines is 1. The number of hydrogen-bond acceptors (Lipinski definition) is 1. The summed E-state index contributed by atoms with van der Waals surface area (Å²) in [5.74, 6) is 0. The third kappa shape index (κ3) is 2.36. The zero-order valence-electron chi connectivity index (χ0n) is 10.1. The van der Waals surface area contributed by atoms with Crippen molar-refractivity contribution in [3.05, 3.63) is 56.2 Å². The molecule has 0 saturated heterocycles. The molecule has 0 radical (unpaired) electrons. The summed E-state index contributed by atoms with van der Waals surface area (Å²) in [6.07, 6.45) is 0. The maximum absolute atomic E-state index is 6.08. The first-order valence-electron chi connectivity index (χ1n) is 5.72. The molecule has 2 aromatic carbocycles. The van der Waals surface area contributed by atoms with Gasteiger partial charge in [0.1, 0.15) is 0 Å². The van der Waals surface area contributed by atoms with Crippen LogP contribution in [0.4, 0.5) is 0 Å². The van der Waals surface area contributed by atoms with Crippen molar-refractivity contribution in [3.8, 4) is 5.69 Å². The summed E-state index contributed by atoms with van der Waals surface area (Å²) < 4.78 is 3.68. The van der Waals surface area contributed by atoms with Gasteiger partial charge < -0.3 is 4.98 Å². The van der Waals surface area contributed by atoms with Gasteiger partial charge in [0.25, 0.3) is 0 Å². The number of nitrogens with zero attached hydrogens (tertiary/aromatic N) is 1. The summed E-state index contributed by atoms with van der Waals surface area (Å²) in [5.41, 5.74) is 4.15. The van der Waals surface area contributed by atoms with Crippen LogP contribution in [0.3, 0.4) is 0 Å². The van der Waals surface area contributed by atoms with E-state index in [-0.39, 0.29) is 0 Å². The molecule has 0 aliphatic rings. The van der Waals surface area contributed by atoms with E-state index < -0.39 is 0 Å². The lowest BCUT2D eigenvalue weighted by atomic mass is 10.2. The minimum atomic E-state index is 0.662. The number of H-pyrrole nitrogens is 1. The normalized spacial score (nSPS) is 11.1. The van der Waals surface area contributed by atoms with Crippen molar-refractivity contribution in [2.24, 2.45) is 0 Å². The van der Waals surface area contributed by atoms with Gasteiger partial charge in [0, 0.05) is 15.2 Å². The molecule has 0 fully saturated rings. The van der Waals surface area contributed by atoms with Crippen LogP contribution in [-0.4, -0.2) is 9.55 Å². The molecule has 0 aliphatic carbocycles. The van der Waals surface area contributed by atoms with Crippen molar-refractivity contribution in [2.45, 2.75) is 6.92 Å². The van der Waals surface area contributed by atoms with Crippen molar-refractivity contribution in [1.29, 1.82) is 0 Å². The molecular weight excluding hydrogens is 344 g/mol. The molecule has 2 nitrogen and oxygen atoms in total. The van der Waals surface area contributed by atoms with E-state index in [1.54, 1.807) is 0 Å². The van der Waals surface area contributed by atoms with Gasteiger partial charge >= 0.3 is 0 Å². The van der Waals surface area contributed by atoms with Crippen LogP contribution in [0.5, 0.6) is 0 Å². The summed E-state index contributed by atoms with van der Waals surface area (Å²) in [6, 6.07) is 11.9. The van der Waals surface area contributed by atoms with Crippen LogP contribution in [0, 0.1) is 11.7 Å². The number of rotatable bonds is 1. The second kappa shape index (κ2) is 4.78. The van der Waals surface area contributed by atoms with E-state index in [1.807, 2.05) is 28.8 Å². The third-order valence-corrected chi connectivity index (χ3v) is 3.91. The Balaban J connectivity index is 2.38. The summed E-state index contributed by atoms with van der Waals surface area (Å²) in [4.78, 5) is 3.20. The Bertz CT molecular complexity index is 815. The number of halogens is 2. The van der Waals surface area contributed by atoms with Crippen LogP contribution in [0.1, 0.15) is 5.56 Å². The molecular formula is C14H10BrClN2S. The zero-order chi connectivity index (χ0) is 13.6. The Kier molecular flexibility index (Phi) is 3.25. The van der Waals surface area contributed by atoms with Gasteiger partial charge in [0.15, 0.2) is 4.77 Å². The van der Waals surface area contributed by atoms with Gasteiger partial charge in [0.2, 0.25) is 0 Å². The zero-order valence-corrected chi connectivity index (χ0v) is 13.2. The lowest BCUT2D eigenvalue weighted by molar-refractivity contribution is 1.06. The number of benzene rings is 2. The molecule has 0 spiro atoms. The molecule has 1 heterocycles. The van der Waals surface area contributed by atoms with E-state index in [2.05, 4.69) is 40.0 Å². The summed E-state index contributed by atoms with van der Waals surface area (Å²) in [7, 11) is 0. The molecule has 0 unspecified atom stereocenters. The van der Waals surface area contributed by atoms with Crippen LogP contribution < -0.4 is 0 Å². The van der Waals surface area contributed by atoms with Gasteiger partial charge in [-0.2, -0.15) is 0 Å². The van der Waals surface area contributed by atoms with Crippen LogP contribution in [0.2, 0.25) is 5.02 Å². The van der Waals surface area contributed by atoms with Crippen molar-refractivity contribution < 1.29 is 0 Å². The number of aryl methyl sites for hydroxylation is 1. The second-order valence-electron chi connectivity index (χ2n) is 4.41. The fourth-order valence-electron chi connectivity index (χ4n) is 2.18. The number of fused-ring (bicyclic) bond motifs is 1. The molecule has 0 atom stereocenters. The number of imidazole rings is 1. The molecule has 3 rings (SSSR count). The molecule has 0 bridgehead atoms. The Morgan fingerprint density at radius 2 is 2.00 bits per heavy atom. The first-order chi connectivity index (χ1) is 9.04. The molecule has 0 saturated carbocycles. The van der Waals surface area contributed by atoms with Gasteiger partial charge in [0.05, 0.1) is 11.0 Å². The summed E-state index contributed by atoms with van der Waals surface area (Å²) in [6.45, 7) is 2.06. The highest BCUT2D eigenvalue weighted by molar-refractivity contribution is 9.10. The largest absolute Gasteiger partial charge is 0.330 e. The molecule has 5 heteroatoms. The lowest BCUT2D eigenvalue weighted by Gasteiger charge is -2.07. The van der Waals surface area contributed by atoms with E-state index in [9.17, 15) is 0 Å². The van der Waals surface area contributed by atoms with Crippen LogP contribution in [-0.2, 0) is 0 Å². The van der Waals surface area contributed by atoms with Crippen molar-refractivity contribution in [2.75, 3.05) is 0 Å². The van der Waals surface area contributed by atoms with Gasteiger partial charge in [-0.3, -0.25) is 4.57 Å². The Hall–Kier alpha value is -1.10. The fourth-order valence-corrected chi connectivity index (χ4v) is 3.25. The Morgan fingerprint density at radius 1 is 1.21 bits per heavy atom. The molecule has 0 amide bonds. The van der Waals surface area contributed by atoms with Gasteiger partial charge in [-0.15, -0.1) is 0 Å². The van der Waals surface area contributed by atoms with E-state index in [1.165, 1.54) is 5.56 Å². The van der Waals surface area contributed by atoms with Crippen molar-refractivity contribution >= 4 is 50.8 Å². The van der Waals surface area contributed by atoms with Crippen LogP contribution in [0.15, 0.2) is 40.9 Å². The number of nitrogens with one attached hydrogen (secondary N) is 1. The maximum Gasteiger partial charge on any atom is 0.182 e. The van der Waals surface area contributed by atoms with Crippen LogP contribution >= 0.6 is 39.7 Å². The first-order valence-corrected chi connectivity index (χ1v) is 7.30. The smallest absolute Gasteiger partial charge is 0.182 e. The number of aromatic nitrogens is 2. The van der Waals surface area contributed by atoms with Crippen LogP contribution in [0.25, 0.3) is 16.7 Å². The highest BCUT2D eigenvalue weighted by Gasteiger charge is 2.08. The fraction of sp³-hybridized carbons (Fsp3) is 0.0714. The highest BCUT2D eigenvalue weighted by Crippen LogP contribution is 2.25. The second-order valence-corrected chi connectivity index (χ2v) is 6.15. The molecule has 19 heavy (non-hydrogen) atoms. The summed E-state index contributed by atoms with van der Waals surface area (Å²) >= 11 is 15.0. The monoisotopic (exact) mass is 352 g/mol. The molecule has 96 valence electrons. The molecule has 0 aliphatic heterocycles. The van der Waals surface area contributed by atoms with E-state index in [0.717, 1.165) is 21.2 Å². The summed E-state index contributed by atoms with van der Waals surface area (Å²) in [5, 5.41) is 0.696. The van der Waals surface area contributed by atoms with Gasteiger partial charge in [-0.1, -0.05) is 27.5 Å². The van der Waals surface area contributed by atoms with E-state index >= 15 is 0 Å². The highest BCUT2D eigenvalue weighted by atomic mass is 79.9. The Morgan fingerprint density at radius 3 is 2.74 bits per heavy atom. The standard InChI is InChI=1S/C14H10BrClN2S/c1-8-4-9(15)6-11(5-8)18-13-7-10(16)2-3-12(13)17-14(18)19/h2-7H,1H3,(H,17,19). The predicted molar refractivity (Wildman–Crippen MR) is 85.9 cm³/mol. The molecule has 3 aromatic rings. The molecule has 1 aromatic heterocycles. The first kappa shape index (κ1) is 12.9. The Labute approximate surface area is 129 Å². The lowest BCUT2D eigenvalue weighted by Crippen LogP contribution is -1.94. The quantitative estimate of drug-likeness (QED) is 0.580. The van der Waals surface area contributed by atoms with Gasteiger partial charge in [-0.05, 0) is 61.1 Å². The minimum absolute atomic E-state index is 0.662. The number of hydrogen-bond donors (Lipinski definition) is 1. The van der Waals surface area contributed by atoms with Crippen molar-refractivity contribution in [1.82, 2.24) is 9.55 Å². The average Bonchev–Trinajstić information content (AvgIpc) is 2.63. The molecule has 1 N–H and O–H groups in total. The minimum Gasteiger partial charge on any atom is -0.330 e. The topological polar surface area (TPSA) is 20.7 Å². The van der Waals surface area contributed by atoms with E-state index in [0.29, 0.717) is 9.79 Å². The maximum atomic E-state index is 6.08. The average molecular weight is 354 g/mol. The predicted octanol–water partition coefficient (Wildman–Crippen LogP) is 5.41. The van der Waals surface area contributed by atoms with E-state index in [4.69, 9.17) is 23.8 Å². The van der Waals surface area contributed by atoms with Crippen molar-refractivity contribution in [3.63, 3.8) is 0 Å².